The minimum absolute atomic E-state index is 0.371. The van der Waals surface area contributed by atoms with Crippen LogP contribution in [0.25, 0.3) is 10.8 Å². The molecule has 0 aliphatic heterocycles. The number of halogens is 2. The normalized spacial score (nSPS) is 10.8. The van der Waals surface area contributed by atoms with Gasteiger partial charge in [-0.15, -0.1) is 0 Å². The van der Waals surface area contributed by atoms with Crippen LogP contribution in [0.15, 0.2) is 65.8 Å². The van der Waals surface area contributed by atoms with Crippen LogP contribution in [0.5, 0.6) is 0 Å². The van der Waals surface area contributed by atoms with E-state index in [0.717, 1.165) is 10.8 Å². The smallest absolute Gasteiger partial charge is 0.317 e. The second-order valence-electron chi connectivity index (χ2n) is 5.35. The fourth-order valence-corrected chi connectivity index (χ4v) is 2.63. The van der Waals surface area contributed by atoms with Gasteiger partial charge in [0.25, 0.3) is 0 Å². The van der Waals surface area contributed by atoms with Gasteiger partial charge in [-0.05, 0) is 29.1 Å². The molecular formula is C19H13Cl2N3O2. The molecule has 0 fully saturated rings. The number of hydrogen-bond donors (Lipinski definition) is 2. The van der Waals surface area contributed by atoms with Gasteiger partial charge in [-0.3, -0.25) is 9.59 Å². The van der Waals surface area contributed by atoms with Crippen LogP contribution >= 0.6 is 23.2 Å². The highest BCUT2D eigenvalue weighted by Crippen LogP contribution is 2.23. The molecule has 130 valence electrons. The third-order valence-electron chi connectivity index (χ3n) is 3.57. The van der Waals surface area contributed by atoms with Gasteiger partial charge in [-0.2, -0.15) is 5.10 Å². The first-order valence-corrected chi connectivity index (χ1v) is 8.37. The van der Waals surface area contributed by atoms with E-state index in [2.05, 4.69) is 15.8 Å². The molecule has 0 aliphatic rings. The van der Waals surface area contributed by atoms with Gasteiger partial charge in [0.15, 0.2) is 0 Å². The van der Waals surface area contributed by atoms with Crippen molar-refractivity contribution in [2.24, 2.45) is 5.10 Å². The van der Waals surface area contributed by atoms with E-state index in [0.29, 0.717) is 21.3 Å². The monoisotopic (exact) mass is 385 g/mol. The lowest BCUT2D eigenvalue weighted by Gasteiger charge is -2.07. The second kappa shape index (κ2) is 7.99. The van der Waals surface area contributed by atoms with Crippen LogP contribution in [0.2, 0.25) is 10.0 Å². The molecule has 0 saturated carbocycles. The molecule has 0 unspecified atom stereocenters. The van der Waals surface area contributed by atoms with Crippen molar-refractivity contribution in [1.82, 2.24) is 5.43 Å². The molecule has 26 heavy (non-hydrogen) atoms. The summed E-state index contributed by atoms with van der Waals surface area (Å²) in [5, 5.41) is 8.93. The van der Waals surface area contributed by atoms with E-state index in [1.807, 2.05) is 30.3 Å². The summed E-state index contributed by atoms with van der Waals surface area (Å²) in [6.45, 7) is 0. The van der Waals surface area contributed by atoms with Crippen LogP contribution < -0.4 is 10.7 Å². The van der Waals surface area contributed by atoms with Gasteiger partial charge < -0.3 is 5.32 Å². The number of rotatable bonds is 3. The highest BCUT2D eigenvalue weighted by molar-refractivity contribution is 6.42. The molecule has 0 aliphatic carbocycles. The van der Waals surface area contributed by atoms with Crippen molar-refractivity contribution in [1.29, 1.82) is 0 Å². The summed E-state index contributed by atoms with van der Waals surface area (Å²) in [4.78, 5) is 24.0. The second-order valence-corrected chi connectivity index (χ2v) is 6.17. The van der Waals surface area contributed by atoms with E-state index in [1.165, 1.54) is 6.21 Å². The number of carbonyl (C=O) groups excluding carboxylic acids is 2. The van der Waals surface area contributed by atoms with Gasteiger partial charge in [0.2, 0.25) is 0 Å². The Morgan fingerprint density at radius 2 is 1.65 bits per heavy atom. The number of nitrogens with zero attached hydrogens (tertiary/aromatic N) is 1. The van der Waals surface area contributed by atoms with Crippen LogP contribution in [0.3, 0.4) is 0 Å². The van der Waals surface area contributed by atoms with E-state index in [4.69, 9.17) is 23.2 Å². The molecule has 0 spiro atoms. The SMILES string of the molecule is O=C(N/N=C\c1ccc(Cl)c(Cl)c1)C(=O)Nc1cccc2ccccc12. The summed E-state index contributed by atoms with van der Waals surface area (Å²) in [5.74, 6) is -1.69. The molecule has 0 saturated heterocycles. The number of benzene rings is 3. The average molecular weight is 386 g/mol. The Labute approximate surface area is 159 Å². The van der Waals surface area contributed by atoms with Crippen LogP contribution in [0.4, 0.5) is 5.69 Å². The van der Waals surface area contributed by atoms with Crippen molar-refractivity contribution in [3.63, 3.8) is 0 Å². The highest BCUT2D eigenvalue weighted by Gasteiger charge is 2.14. The molecule has 0 radical (unpaired) electrons. The van der Waals surface area contributed by atoms with E-state index in [1.54, 1.807) is 30.3 Å². The lowest BCUT2D eigenvalue weighted by molar-refractivity contribution is -0.136. The first-order chi connectivity index (χ1) is 12.5. The number of amides is 2. The fraction of sp³-hybridized carbons (Fsp3) is 0. The van der Waals surface area contributed by atoms with Crippen LogP contribution in [0, 0.1) is 0 Å². The molecule has 0 bridgehead atoms. The first kappa shape index (κ1) is 17.9. The van der Waals surface area contributed by atoms with Gasteiger partial charge in [-0.25, -0.2) is 5.43 Å². The number of fused-ring (bicyclic) bond motifs is 1. The molecule has 3 rings (SSSR count). The number of hydrazone groups is 1. The van der Waals surface area contributed by atoms with E-state index < -0.39 is 11.8 Å². The Hall–Kier alpha value is -2.89. The Balaban J connectivity index is 1.65. The summed E-state index contributed by atoms with van der Waals surface area (Å²) in [5.41, 5.74) is 3.36. The Morgan fingerprint density at radius 1 is 0.885 bits per heavy atom. The summed E-state index contributed by atoms with van der Waals surface area (Å²) >= 11 is 11.7. The molecular weight excluding hydrogens is 373 g/mol. The van der Waals surface area contributed by atoms with E-state index >= 15 is 0 Å². The van der Waals surface area contributed by atoms with E-state index in [9.17, 15) is 9.59 Å². The summed E-state index contributed by atoms with van der Waals surface area (Å²) in [6.07, 6.45) is 1.37. The maximum Gasteiger partial charge on any atom is 0.329 e. The lowest BCUT2D eigenvalue weighted by atomic mass is 10.1. The topological polar surface area (TPSA) is 70.6 Å². The standard InChI is InChI=1S/C19H13Cl2N3O2/c20-15-9-8-12(10-16(15)21)11-22-24-19(26)18(25)23-17-7-3-5-13-4-1-2-6-14(13)17/h1-11H,(H,23,25)(H,24,26)/b22-11-. The van der Waals surface area contributed by atoms with Crippen molar-refractivity contribution in [2.45, 2.75) is 0 Å². The predicted octanol–water partition coefficient (Wildman–Crippen LogP) is 4.24. The van der Waals surface area contributed by atoms with Crippen LogP contribution in [-0.4, -0.2) is 18.0 Å². The molecule has 0 aromatic heterocycles. The highest BCUT2D eigenvalue weighted by atomic mass is 35.5. The van der Waals surface area contributed by atoms with Gasteiger partial charge in [-0.1, -0.05) is 65.7 Å². The van der Waals surface area contributed by atoms with Crippen LogP contribution in [0.1, 0.15) is 5.56 Å². The van der Waals surface area contributed by atoms with Crippen molar-refractivity contribution < 1.29 is 9.59 Å². The third-order valence-corrected chi connectivity index (χ3v) is 4.31. The van der Waals surface area contributed by atoms with Crippen molar-refractivity contribution in [2.75, 3.05) is 5.32 Å². The Kier molecular flexibility index (Phi) is 5.51. The van der Waals surface area contributed by atoms with Crippen molar-refractivity contribution in [3.8, 4) is 0 Å². The number of anilines is 1. The Bertz CT molecular complexity index is 1010. The molecule has 0 heterocycles. The minimum Gasteiger partial charge on any atom is -0.317 e. The zero-order chi connectivity index (χ0) is 18.5. The van der Waals surface area contributed by atoms with Gasteiger partial charge in [0, 0.05) is 11.1 Å². The molecule has 7 heteroatoms. The first-order valence-electron chi connectivity index (χ1n) is 7.62. The van der Waals surface area contributed by atoms with Gasteiger partial charge in [0.1, 0.15) is 0 Å². The van der Waals surface area contributed by atoms with E-state index in [-0.39, 0.29) is 0 Å². The molecule has 0 atom stereocenters. The van der Waals surface area contributed by atoms with Crippen molar-refractivity contribution in [3.05, 3.63) is 76.3 Å². The third kappa shape index (κ3) is 4.20. The summed E-state index contributed by atoms with van der Waals surface area (Å²) in [7, 11) is 0. The number of hydrogen-bond acceptors (Lipinski definition) is 3. The van der Waals surface area contributed by atoms with Crippen LogP contribution in [-0.2, 0) is 9.59 Å². The molecule has 3 aromatic rings. The van der Waals surface area contributed by atoms with Crippen molar-refractivity contribution >= 4 is 57.7 Å². The molecule has 2 N–H and O–H groups in total. The number of carbonyl (C=O) groups is 2. The van der Waals surface area contributed by atoms with Gasteiger partial charge in [0.05, 0.1) is 16.3 Å². The average Bonchev–Trinajstić information content (AvgIpc) is 2.65. The summed E-state index contributed by atoms with van der Waals surface area (Å²) < 4.78 is 0. The molecule has 3 aromatic carbocycles. The minimum atomic E-state index is -0.880. The molecule has 2 amide bonds. The maximum absolute atomic E-state index is 12.1. The number of nitrogens with one attached hydrogen (secondary N) is 2. The lowest BCUT2D eigenvalue weighted by Crippen LogP contribution is -2.32. The zero-order valence-electron chi connectivity index (χ0n) is 13.4. The Morgan fingerprint density at radius 3 is 2.46 bits per heavy atom. The maximum atomic E-state index is 12.1. The quantitative estimate of drug-likeness (QED) is 0.402. The molecule has 5 nitrogen and oxygen atoms in total. The summed E-state index contributed by atoms with van der Waals surface area (Å²) in [6, 6.07) is 17.9. The largest absolute Gasteiger partial charge is 0.329 e. The zero-order valence-corrected chi connectivity index (χ0v) is 14.9. The fourth-order valence-electron chi connectivity index (χ4n) is 2.32. The van der Waals surface area contributed by atoms with Gasteiger partial charge >= 0.3 is 11.8 Å². The predicted molar refractivity (Wildman–Crippen MR) is 105 cm³/mol.